The highest BCUT2D eigenvalue weighted by molar-refractivity contribution is 5.92. The number of aromatic nitrogens is 1. The van der Waals surface area contributed by atoms with E-state index in [1.165, 1.54) is 18.2 Å². The number of ether oxygens (including phenoxy) is 1. The average Bonchev–Trinajstić information content (AvgIpc) is 2.33. The standard InChI is InChI=1S/C12H15FN2O2/c1-2-3-8-17-9-7-14-12(16)10-5-4-6-11(13)15-10/h2,4-6H,1,3,7-9H2,(H,14,16). The molecule has 1 aromatic rings. The molecule has 0 spiro atoms. The summed E-state index contributed by atoms with van der Waals surface area (Å²) in [6, 6.07) is 4.09. The summed E-state index contributed by atoms with van der Waals surface area (Å²) >= 11 is 0. The van der Waals surface area contributed by atoms with Gasteiger partial charge >= 0.3 is 0 Å². The van der Waals surface area contributed by atoms with Gasteiger partial charge in [-0.15, -0.1) is 6.58 Å². The zero-order valence-electron chi connectivity index (χ0n) is 9.49. The van der Waals surface area contributed by atoms with Gasteiger partial charge in [0.15, 0.2) is 0 Å². The summed E-state index contributed by atoms with van der Waals surface area (Å²) in [5.74, 6) is -1.07. The molecule has 1 N–H and O–H groups in total. The Labute approximate surface area is 99.5 Å². The molecule has 0 radical (unpaired) electrons. The van der Waals surface area contributed by atoms with E-state index in [4.69, 9.17) is 4.74 Å². The lowest BCUT2D eigenvalue weighted by Crippen LogP contribution is -2.28. The number of rotatable bonds is 7. The molecule has 0 aliphatic carbocycles. The van der Waals surface area contributed by atoms with Crippen molar-refractivity contribution in [3.63, 3.8) is 0 Å². The number of carbonyl (C=O) groups excluding carboxylic acids is 1. The van der Waals surface area contributed by atoms with E-state index in [1.807, 2.05) is 0 Å². The van der Waals surface area contributed by atoms with Gasteiger partial charge in [-0.1, -0.05) is 12.1 Å². The monoisotopic (exact) mass is 238 g/mol. The smallest absolute Gasteiger partial charge is 0.270 e. The van der Waals surface area contributed by atoms with Crippen LogP contribution in [0, 0.1) is 5.95 Å². The van der Waals surface area contributed by atoms with Crippen molar-refractivity contribution in [1.29, 1.82) is 0 Å². The molecule has 0 atom stereocenters. The molecule has 1 heterocycles. The van der Waals surface area contributed by atoms with Crippen LogP contribution in [0.15, 0.2) is 30.9 Å². The molecule has 0 saturated carbocycles. The molecule has 1 aromatic heterocycles. The molecule has 0 unspecified atom stereocenters. The van der Waals surface area contributed by atoms with Gasteiger partial charge in [0, 0.05) is 6.54 Å². The lowest BCUT2D eigenvalue weighted by Gasteiger charge is -2.05. The van der Waals surface area contributed by atoms with E-state index in [1.54, 1.807) is 6.08 Å². The number of hydrogen-bond acceptors (Lipinski definition) is 3. The maximum Gasteiger partial charge on any atom is 0.270 e. The second-order valence-electron chi connectivity index (χ2n) is 3.29. The average molecular weight is 238 g/mol. The molecular formula is C12H15FN2O2. The highest BCUT2D eigenvalue weighted by atomic mass is 19.1. The Bertz CT molecular complexity index is 383. The molecule has 0 fully saturated rings. The van der Waals surface area contributed by atoms with E-state index in [0.717, 1.165) is 6.42 Å². The third-order valence-electron chi connectivity index (χ3n) is 1.95. The summed E-state index contributed by atoms with van der Waals surface area (Å²) in [6.45, 7) is 4.92. The maximum atomic E-state index is 12.7. The minimum absolute atomic E-state index is 0.0658. The lowest BCUT2D eigenvalue weighted by atomic mass is 10.3. The Morgan fingerprint density at radius 2 is 2.35 bits per heavy atom. The molecule has 0 saturated heterocycles. The molecule has 0 aliphatic rings. The number of amides is 1. The van der Waals surface area contributed by atoms with E-state index in [2.05, 4.69) is 16.9 Å². The minimum Gasteiger partial charge on any atom is -0.379 e. The zero-order chi connectivity index (χ0) is 12.5. The molecular weight excluding hydrogens is 223 g/mol. The summed E-state index contributed by atoms with van der Waals surface area (Å²) in [5.41, 5.74) is 0.0658. The highest BCUT2D eigenvalue weighted by Gasteiger charge is 2.06. The molecule has 0 aromatic carbocycles. The van der Waals surface area contributed by atoms with Crippen molar-refractivity contribution in [2.75, 3.05) is 19.8 Å². The predicted molar refractivity (Wildman–Crippen MR) is 62.2 cm³/mol. The molecule has 17 heavy (non-hydrogen) atoms. The number of hydrogen-bond donors (Lipinski definition) is 1. The first-order valence-electron chi connectivity index (χ1n) is 5.33. The fourth-order valence-electron chi connectivity index (χ4n) is 1.13. The molecule has 4 nitrogen and oxygen atoms in total. The van der Waals surface area contributed by atoms with E-state index < -0.39 is 11.9 Å². The molecule has 0 aliphatic heterocycles. The highest BCUT2D eigenvalue weighted by Crippen LogP contribution is 1.97. The Balaban J connectivity index is 2.23. The van der Waals surface area contributed by atoms with Crippen molar-refractivity contribution in [2.45, 2.75) is 6.42 Å². The SMILES string of the molecule is C=CCCOCCNC(=O)c1cccc(F)n1. The van der Waals surface area contributed by atoms with Gasteiger partial charge in [0.1, 0.15) is 5.69 Å². The van der Waals surface area contributed by atoms with Gasteiger partial charge in [0.2, 0.25) is 5.95 Å². The summed E-state index contributed by atoms with van der Waals surface area (Å²) in [5, 5.41) is 2.58. The van der Waals surface area contributed by atoms with E-state index in [9.17, 15) is 9.18 Å². The summed E-state index contributed by atoms with van der Waals surface area (Å²) < 4.78 is 17.9. The lowest BCUT2D eigenvalue weighted by molar-refractivity contribution is 0.0912. The molecule has 92 valence electrons. The van der Waals surface area contributed by atoms with Gasteiger partial charge < -0.3 is 10.1 Å². The zero-order valence-corrected chi connectivity index (χ0v) is 9.49. The second kappa shape index (κ2) is 7.51. The Morgan fingerprint density at radius 1 is 1.53 bits per heavy atom. The third kappa shape index (κ3) is 5.21. The van der Waals surface area contributed by atoms with Crippen LogP contribution in [0.4, 0.5) is 4.39 Å². The van der Waals surface area contributed by atoms with E-state index in [0.29, 0.717) is 19.8 Å². The first-order chi connectivity index (χ1) is 8.24. The molecule has 5 heteroatoms. The largest absolute Gasteiger partial charge is 0.379 e. The van der Waals surface area contributed by atoms with Crippen LogP contribution in [0.5, 0.6) is 0 Å². The number of halogens is 1. The summed E-state index contributed by atoms with van der Waals surface area (Å²) in [6.07, 6.45) is 2.54. The second-order valence-corrected chi connectivity index (χ2v) is 3.29. The van der Waals surface area contributed by atoms with Gasteiger partial charge in [-0.25, -0.2) is 4.98 Å². The third-order valence-corrected chi connectivity index (χ3v) is 1.95. The van der Waals surface area contributed by atoms with Crippen molar-refractivity contribution in [3.05, 3.63) is 42.5 Å². The summed E-state index contributed by atoms with van der Waals surface area (Å²) in [4.78, 5) is 14.9. The van der Waals surface area contributed by atoms with Crippen LogP contribution in [-0.2, 0) is 4.74 Å². The quantitative estimate of drug-likeness (QED) is 0.445. The van der Waals surface area contributed by atoms with Gasteiger partial charge in [-0.2, -0.15) is 4.39 Å². The van der Waals surface area contributed by atoms with Crippen molar-refractivity contribution >= 4 is 5.91 Å². The van der Waals surface area contributed by atoms with Crippen LogP contribution in [0.1, 0.15) is 16.9 Å². The van der Waals surface area contributed by atoms with Crippen LogP contribution >= 0.6 is 0 Å². The molecule has 1 amide bonds. The van der Waals surface area contributed by atoms with Gasteiger partial charge in [0.05, 0.1) is 13.2 Å². The number of nitrogens with one attached hydrogen (secondary N) is 1. The van der Waals surface area contributed by atoms with Gasteiger partial charge in [-0.3, -0.25) is 4.79 Å². The number of nitrogens with zero attached hydrogens (tertiary/aromatic N) is 1. The van der Waals surface area contributed by atoms with Crippen molar-refractivity contribution in [3.8, 4) is 0 Å². The van der Waals surface area contributed by atoms with E-state index in [-0.39, 0.29) is 5.69 Å². The first-order valence-corrected chi connectivity index (χ1v) is 5.33. The minimum atomic E-state index is -0.667. The Kier molecular flexibility index (Phi) is 5.88. The van der Waals surface area contributed by atoms with Crippen molar-refractivity contribution in [1.82, 2.24) is 10.3 Å². The Morgan fingerprint density at radius 3 is 3.06 bits per heavy atom. The van der Waals surface area contributed by atoms with Crippen LogP contribution in [0.2, 0.25) is 0 Å². The predicted octanol–water partition coefficient (Wildman–Crippen LogP) is 1.54. The van der Waals surface area contributed by atoms with Gasteiger partial charge in [0.25, 0.3) is 5.91 Å². The number of pyridine rings is 1. The number of carbonyl (C=O) groups is 1. The fourth-order valence-corrected chi connectivity index (χ4v) is 1.13. The van der Waals surface area contributed by atoms with Gasteiger partial charge in [-0.05, 0) is 18.6 Å². The van der Waals surface area contributed by atoms with Crippen molar-refractivity contribution in [2.24, 2.45) is 0 Å². The molecule has 1 rings (SSSR count). The van der Waals surface area contributed by atoms with Crippen molar-refractivity contribution < 1.29 is 13.9 Å². The van der Waals surface area contributed by atoms with Crippen LogP contribution < -0.4 is 5.32 Å². The normalized spacial score (nSPS) is 9.94. The molecule has 0 bridgehead atoms. The topological polar surface area (TPSA) is 51.2 Å². The first kappa shape index (κ1) is 13.3. The van der Waals surface area contributed by atoms with E-state index >= 15 is 0 Å². The maximum absolute atomic E-state index is 12.7. The fraction of sp³-hybridized carbons (Fsp3) is 0.333. The van der Waals surface area contributed by atoms with Crippen LogP contribution in [-0.4, -0.2) is 30.6 Å². The van der Waals surface area contributed by atoms with Crippen LogP contribution in [0.3, 0.4) is 0 Å². The summed E-state index contributed by atoms with van der Waals surface area (Å²) in [7, 11) is 0. The Hall–Kier alpha value is -1.75. The van der Waals surface area contributed by atoms with Crippen LogP contribution in [0.25, 0.3) is 0 Å².